The Bertz CT molecular complexity index is 450. The van der Waals surface area contributed by atoms with Gasteiger partial charge in [-0.05, 0) is 43.0 Å². The molecule has 0 atom stereocenters. The molecule has 0 aromatic heterocycles. The summed E-state index contributed by atoms with van der Waals surface area (Å²) in [4.78, 5) is 11.7. The summed E-state index contributed by atoms with van der Waals surface area (Å²) in [6, 6.07) is 5.09. The van der Waals surface area contributed by atoms with Crippen LogP contribution in [0.1, 0.15) is 50.2 Å². The van der Waals surface area contributed by atoms with Gasteiger partial charge in [-0.25, -0.2) is 0 Å². The van der Waals surface area contributed by atoms with E-state index in [0.717, 1.165) is 18.4 Å². The van der Waals surface area contributed by atoms with Gasteiger partial charge in [-0.1, -0.05) is 31.9 Å². The maximum atomic E-state index is 11.7. The molecule has 0 bridgehead atoms. The van der Waals surface area contributed by atoms with Crippen molar-refractivity contribution in [1.29, 1.82) is 0 Å². The van der Waals surface area contributed by atoms with Gasteiger partial charge in [0.15, 0.2) is 5.78 Å². The molecule has 0 spiro atoms. The molecule has 0 aliphatic rings. The van der Waals surface area contributed by atoms with Crippen molar-refractivity contribution in [1.82, 2.24) is 0 Å². The van der Waals surface area contributed by atoms with Crippen LogP contribution in [0.5, 0.6) is 5.75 Å². The van der Waals surface area contributed by atoms with Crippen LogP contribution in [0.2, 0.25) is 0 Å². The zero-order valence-electron chi connectivity index (χ0n) is 12.1. The minimum Gasteiger partial charge on any atom is -0.508 e. The minimum absolute atomic E-state index is 0.0957. The first-order valence-electron chi connectivity index (χ1n) is 7.28. The van der Waals surface area contributed by atoms with Crippen LogP contribution in [0, 0.1) is 0 Å². The number of ketones is 1. The second kappa shape index (κ2) is 9.32. The molecule has 0 radical (unpaired) electrons. The second-order valence-corrected chi connectivity index (χ2v) is 4.99. The largest absolute Gasteiger partial charge is 0.508 e. The number of rotatable bonds is 9. The molecule has 110 valence electrons. The van der Waals surface area contributed by atoms with Crippen LogP contribution >= 0.6 is 0 Å². The van der Waals surface area contributed by atoms with Crippen molar-refractivity contribution in [3.05, 3.63) is 41.5 Å². The van der Waals surface area contributed by atoms with Crippen molar-refractivity contribution in [2.24, 2.45) is 0 Å². The highest BCUT2D eigenvalue weighted by Crippen LogP contribution is 2.19. The summed E-state index contributed by atoms with van der Waals surface area (Å²) in [5.74, 6) is 0.221. The predicted molar refractivity (Wildman–Crippen MR) is 80.6 cm³/mol. The molecule has 1 rings (SSSR count). The Morgan fingerprint density at radius 1 is 1.30 bits per heavy atom. The summed E-state index contributed by atoms with van der Waals surface area (Å²) in [5, 5.41) is 18.5. The van der Waals surface area contributed by atoms with Crippen LogP contribution in [-0.2, 0) is 17.8 Å². The van der Waals surface area contributed by atoms with Gasteiger partial charge in [0.1, 0.15) is 5.75 Å². The first-order valence-corrected chi connectivity index (χ1v) is 7.28. The molecule has 3 heteroatoms. The van der Waals surface area contributed by atoms with Crippen molar-refractivity contribution >= 4 is 5.78 Å². The molecule has 0 fully saturated rings. The van der Waals surface area contributed by atoms with Gasteiger partial charge in [-0.2, -0.15) is 0 Å². The lowest BCUT2D eigenvalue weighted by molar-refractivity contribution is -0.114. The van der Waals surface area contributed by atoms with E-state index in [4.69, 9.17) is 5.11 Å². The van der Waals surface area contributed by atoms with Crippen LogP contribution in [0.25, 0.3) is 0 Å². The third-order valence-electron chi connectivity index (χ3n) is 3.25. The molecule has 0 unspecified atom stereocenters. The molecule has 20 heavy (non-hydrogen) atoms. The second-order valence-electron chi connectivity index (χ2n) is 4.99. The van der Waals surface area contributed by atoms with Gasteiger partial charge in [-0.15, -0.1) is 0 Å². The SMILES string of the molecule is CCCCCC=CC(=O)CCc1ccc(O)c(CO)c1. The van der Waals surface area contributed by atoms with Crippen molar-refractivity contribution in [3.63, 3.8) is 0 Å². The normalized spacial score (nSPS) is 11.1. The minimum atomic E-state index is -0.190. The van der Waals surface area contributed by atoms with E-state index < -0.39 is 0 Å². The number of aromatic hydroxyl groups is 1. The molecule has 0 aliphatic heterocycles. The molecular formula is C17H24O3. The summed E-state index contributed by atoms with van der Waals surface area (Å²) in [7, 11) is 0. The third kappa shape index (κ3) is 6.02. The summed E-state index contributed by atoms with van der Waals surface area (Å²) in [6.45, 7) is 1.97. The highest BCUT2D eigenvalue weighted by atomic mass is 16.3. The van der Waals surface area contributed by atoms with E-state index in [-0.39, 0.29) is 18.1 Å². The average Bonchev–Trinajstić information content (AvgIpc) is 2.46. The zero-order chi connectivity index (χ0) is 14.8. The number of allylic oxidation sites excluding steroid dienone is 2. The van der Waals surface area contributed by atoms with Gasteiger partial charge < -0.3 is 10.2 Å². The lowest BCUT2D eigenvalue weighted by Gasteiger charge is -2.04. The molecule has 0 saturated carbocycles. The molecule has 1 aromatic rings. The smallest absolute Gasteiger partial charge is 0.155 e. The Balaban J connectivity index is 2.37. The molecule has 3 nitrogen and oxygen atoms in total. The quantitative estimate of drug-likeness (QED) is 0.536. The van der Waals surface area contributed by atoms with E-state index >= 15 is 0 Å². The Morgan fingerprint density at radius 2 is 2.10 bits per heavy atom. The molecule has 0 aliphatic carbocycles. The number of unbranched alkanes of at least 4 members (excludes halogenated alkanes) is 3. The zero-order valence-corrected chi connectivity index (χ0v) is 12.1. The fourth-order valence-corrected chi connectivity index (χ4v) is 2.00. The Kier molecular flexibility index (Phi) is 7.66. The van der Waals surface area contributed by atoms with Crippen LogP contribution < -0.4 is 0 Å². The van der Waals surface area contributed by atoms with Crippen LogP contribution in [0.4, 0.5) is 0 Å². The van der Waals surface area contributed by atoms with E-state index in [0.29, 0.717) is 18.4 Å². The topological polar surface area (TPSA) is 57.5 Å². The van der Waals surface area contributed by atoms with Gasteiger partial charge in [-0.3, -0.25) is 4.79 Å². The lowest BCUT2D eigenvalue weighted by Crippen LogP contribution is -1.97. The summed E-state index contributed by atoms with van der Waals surface area (Å²) in [6.07, 6.45) is 9.21. The molecular weight excluding hydrogens is 252 g/mol. The number of aliphatic hydroxyl groups is 1. The number of hydrogen-bond acceptors (Lipinski definition) is 3. The monoisotopic (exact) mass is 276 g/mol. The first kappa shape index (κ1) is 16.4. The summed E-state index contributed by atoms with van der Waals surface area (Å²) < 4.78 is 0. The number of carbonyl (C=O) groups is 1. The molecule has 2 N–H and O–H groups in total. The maximum Gasteiger partial charge on any atom is 0.155 e. The number of benzene rings is 1. The predicted octanol–water partition coefficient (Wildman–Crippen LogP) is 3.52. The van der Waals surface area contributed by atoms with Gasteiger partial charge in [0.2, 0.25) is 0 Å². The summed E-state index contributed by atoms with van der Waals surface area (Å²) >= 11 is 0. The highest BCUT2D eigenvalue weighted by Gasteiger charge is 2.03. The van der Waals surface area contributed by atoms with Gasteiger partial charge in [0.25, 0.3) is 0 Å². The molecule has 0 heterocycles. The van der Waals surface area contributed by atoms with Gasteiger partial charge >= 0.3 is 0 Å². The Labute approximate surface area is 121 Å². The third-order valence-corrected chi connectivity index (χ3v) is 3.25. The van der Waals surface area contributed by atoms with Crippen LogP contribution in [0.15, 0.2) is 30.4 Å². The van der Waals surface area contributed by atoms with Crippen molar-refractivity contribution in [3.8, 4) is 5.75 Å². The van der Waals surface area contributed by atoms with E-state index in [1.165, 1.54) is 12.8 Å². The van der Waals surface area contributed by atoms with Crippen molar-refractivity contribution in [2.45, 2.75) is 52.1 Å². The molecule has 0 amide bonds. The first-order chi connectivity index (χ1) is 9.67. The van der Waals surface area contributed by atoms with Crippen molar-refractivity contribution < 1.29 is 15.0 Å². The fraction of sp³-hybridized carbons (Fsp3) is 0.471. The lowest BCUT2D eigenvalue weighted by atomic mass is 10.0. The highest BCUT2D eigenvalue weighted by molar-refractivity contribution is 5.89. The maximum absolute atomic E-state index is 11.7. The Hall–Kier alpha value is -1.61. The molecule has 1 aromatic carbocycles. The Morgan fingerprint density at radius 3 is 2.80 bits per heavy atom. The number of phenols is 1. The molecule has 0 saturated heterocycles. The summed E-state index contributed by atoms with van der Waals surface area (Å²) in [5.41, 5.74) is 1.46. The van der Waals surface area contributed by atoms with E-state index in [1.807, 2.05) is 6.08 Å². The number of hydrogen-bond donors (Lipinski definition) is 2. The fourth-order valence-electron chi connectivity index (χ4n) is 2.00. The van der Waals surface area contributed by atoms with Gasteiger partial charge in [0, 0.05) is 12.0 Å². The van der Waals surface area contributed by atoms with E-state index in [1.54, 1.807) is 24.3 Å². The van der Waals surface area contributed by atoms with Crippen LogP contribution in [-0.4, -0.2) is 16.0 Å². The van der Waals surface area contributed by atoms with Crippen molar-refractivity contribution in [2.75, 3.05) is 0 Å². The van der Waals surface area contributed by atoms with E-state index in [9.17, 15) is 9.90 Å². The number of aryl methyl sites for hydroxylation is 1. The van der Waals surface area contributed by atoms with Crippen LogP contribution in [0.3, 0.4) is 0 Å². The van der Waals surface area contributed by atoms with Gasteiger partial charge in [0.05, 0.1) is 6.61 Å². The number of aliphatic hydroxyl groups excluding tert-OH is 1. The number of carbonyl (C=O) groups excluding carboxylic acids is 1. The average molecular weight is 276 g/mol. The van der Waals surface area contributed by atoms with E-state index in [2.05, 4.69) is 6.92 Å². The standard InChI is InChI=1S/C17H24O3/c1-2-3-4-5-6-7-16(19)10-8-14-9-11-17(20)15(12-14)13-18/h6-7,9,11-12,18,20H,2-5,8,10,13H2,1H3.